The van der Waals surface area contributed by atoms with Crippen LogP contribution in [0.3, 0.4) is 0 Å². The fourth-order valence-electron chi connectivity index (χ4n) is 2.10. The second kappa shape index (κ2) is 4.91. The lowest BCUT2D eigenvalue weighted by Gasteiger charge is -2.34. The molecule has 0 saturated carbocycles. The number of nitrogens with one attached hydrogen (secondary N) is 1. The first-order chi connectivity index (χ1) is 8.86. The van der Waals surface area contributed by atoms with E-state index in [-0.39, 0.29) is 11.9 Å². The second-order valence-corrected chi connectivity index (χ2v) is 5.03. The van der Waals surface area contributed by atoms with Crippen LogP contribution in [0.15, 0.2) is 29.8 Å². The van der Waals surface area contributed by atoms with Crippen molar-refractivity contribution in [1.29, 1.82) is 0 Å². The van der Waals surface area contributed by atoms with Gasteiger partial charge in [-0.2, -0.15) is 5.10 Å². The van der Waals surface area contributed by atoms with Crippen molar-refractivity contribution >= 4 is 17.2 Å². The summed E-state index contributed by atoms with van der Waals surface area (Å²) in [5.41, 5.74) is 0.916. The minimum absolute atomic E-state index is 0.0629. The van der Waals surface area contributed by atoms with Crippen LogP contribution in [0, 0.1) is 0 Å². The summed E-state index contributed by atoms with van der Waals surface area (Å²) in [7, 11) is 0. The Labute approximate surface area is 108 Å². The maximum Gasteiger partial charge on any atom is 0.264 e. The average molecular weight is 263 g/mol. The summed E-state index contributed by atoms with van der Waals surface area (Å²) < 4.78 is 5.47. The van der Waals surface area contributed by atoms with Crippen molar-refractivity contribution in [3.05, 3.63) is 40.3 Å². The lowest BCUT2D eigenvalue weighted by atomic mass is 10.1. The van der Waals surface area contributed by atoms with Crippen LogP contribution in [0.25, 0.3) is 0 Å². The van der Waals surface area contributed by atoms with Crippen molar-refractivity contribution in [2.75, 3.05) is 19.8 Å². The number of rotatable bonds is 2. The highest BCUT2D eigenvalue weighted by Gasteiger charge is 2.30. The molecule has 1 unspecified atom stereocenters. The number of morpholine rings is 1. The van der Waals surface area contributed by atoms with E-state index in [9.17, 15) is 4.79 Å². The second-order valence-electron chi connectivity index (χ2n) is 4.08. The predicted molar refractivity (Wildman–Crippen MR) is 67.5 cm³/mol. The summed E-state index contributed by atoms with van der Waals surface area (Å²) in [5.74, 6) is 0.0629. The zero-order valence-electron chi connectivity index (χ0n) is 9.70. The van der Waals surface area contributed by atoms with Crippen LogP contribution in [0.4, 0.5) is 0 Å². The normalized spacial score (nSPS) is 20.0. The lowest BCUT2D eigenvalue weighted by molar-refractivity contribution is -0.00364. The molecule has 1 aliphatic rings. The van der Waals surface area contributed by atoms with Crippen molar-refractivity contribution in [3.63, 3.8) is 0 Å². The quantitative estimate of drug-likeness (QED) is 0.897. The van der Waals surface area contributed by atoms with Gasteiger partial charge in [0.05, 0.1) is 29.8 Å². The minimum Gasteiger partial charge on any atom is -0.377 e. The maximum atomic E-state index is 12.4. The first-order valence-electron chi connectivity index (χ1n) is 5.78. The molecule has 3 rings (SSSR count). The van der Waals surface area contributed by atoms with E-state index in [0.29, 0.717) is 19.8 Å². The molecule has 0 aliphatic carbocycles. The summed E-state index contributed by atoms with van der Waals surface area (Å²) in [5, 5.41) is 8.77. The van der Waals surface area contributed by atoms with E-state index in [4.69, 9.17) is 4.74 Å². The van der Waals surface area contributed by atoms with E-state index in [1.165, 1.54) is 11.3 Å². The largest absolute Gasteiger partial charge is 0.377 e. The number of thiophene rings is 1. The highest BCUT2D eigenvalue weighted by atomic mass is 32.1. The molecule has 1 N–H and O–H groups in total. The van der Waals surface area contributed by atoms with E-state index in [0.717, 1.165) is 10.6 Å². The monoisotopic (exact) mass is 263 g/mol. The highest BCUT2D eigenvalue weighted by molar-refractivity contribution is 7.12. The SMILES string of the molecule is O=C(c1cccs1)N1CCOCC1c1ccn[nH]1. The molecule has 1 amide bonds. The Hall–Kier alpha value is -1.66. The van der Waals surface area contributed by atoms with Crippen LogP contribution in [0.5, 0.6) is 0 Å². The van der Waals surface area contributed by atoms with Gasteiger partial charge in [0, 0.05) is 12.7 Å². The topological polar surface area (TPSA) is 58.2 Å². The number of carbonyl (C=O) groups is 1. The van der Waals surface area contributed by atoms with Gasteiger partial charge in [0.15, 0.2) is 0 Å². The van der Waals surface area contributed by atoms with E-state index in [2.05, 4.69) is 10.2 Å². The number of aromatic amines is 1. The summed E-state index contributed by atoms with van der Waals surface area (Å²) in [6.07, 6.45) is 1.69. The molecule has 2 aromatic heterocycles. The van der Waals surface area contributed by atoms with Crippen LogP contribution in [-0.2, 0) is 4.74 Å². The smallest absolute Gasteiger partial charge is 0.264 e. The molecule has 0 bridgehead atoms. The summed E-state index contributed by atoms with van der Waals surface area (Å²) in [6, 6.07) is 5.56. The van der Waals surface area contributed by atoms with Gasteiger partial charge in [-0.15, -0.1) is 11.3 Å². The van der Waals surface area contributed by atoms with Gasteiger partial charge in [-0.25, -0.2) is 0 Å². The van der Waals surface area contributed by atoms with Crippen LogP contribution in [-0.4, -0.2) is 40.8 Å². The molecule has 1 aliphatic heterocycles. The van der Waals surface area contributed by atoms with Crippen LogP contribution >= 0.6 is 11.3 Å². The number of ether oxygens (including phenoxy) is 1. The molecule has 5 nitrogen and oxygen atoms in total. The average Bonchev–Trinajstić information content (AvgIpc) is 3.11. The van der Waals surface area contributed by atoms with Gasteiger partial charge in [0.25, 0.3) is 5.91 Å². The summed E-state index contributed by atoms with van der Waals surface area (Å²) in [6.45, 7) is 1.71. The Morgan fingerprint density at radius 1 is 1.56 bits per heavy atom. The predicted octanol–water partition coefficient (Wildman–Crippen LogP) is 1.68. The number of nitrogens with zero attached hydrogens (tertiary/aromatic N) is 2. The van der Waals surface area contributed by atoms with Crippen molar-refractivity contribution in [3.8, 4) is 0 Å². The van der Waals surface area contributed by atoms with Gasteiger partial charge in [0.2, 0.25) is 0 Å². The third kappa shape index (κ3) is 2.04. The standard InChI is InChI=1S/C12H13N3O2S/c16-12(11-2-1-7-18-11)15-5-6-17-8-10(15)9-3-4-13-14-9/h1-4,7,10H,5-6,8H2,(H,13,14). The molecule has 3 heterocycles. The molecule has 18 heavy (non-hydrogen) atoms. The Balaban J connectivity index is 1.86. The molecule has 2 aromatic rings. The zero-order chi connectivity index (χ0) is 12.4. The fourth-order valence-corrected chi connectivity index (χ4v) is 2.78. The molecule has 0 aromatic carbocycles. The van der Waals surface area contributed by atoms with Crippen molar-refractivity contribution in [2.45, 2.75) is 6.04 Å². The molecule has 0 spiro atoms. The Kier molecular flexibility index (Phi) is 3.12. The Morgan fingerprint density at radius 2 is 2.50 bits per heavy atom. The van der Waals surface area contributed by atoms with Gasteiger partial charge >= 0.3 is 0 Å². The van der Waals surface area contributed by atoms with Gasteiger partial charge in [-0.3, -0.25) is 9.89 Å². The van der Waals surface area contributed by atoms with Gasteiger partial charge in [-0.1, -0.05) is 6.07 Å². The van der Waals surface area contributed by atoms with Gasteiger partial charge in [0.1, 0.15) is 0 Å². The number of amides is 1. The van der Waals surface area contributed by atoms with Crippen molar-refractivity contribution in [2.24, 2.45) is 0 Å². The lowest BCUT2D eigenvalue weighted by Crippen LogP contribution is -2.43. The van der Waals surface area contributed by atoms with Gasteiger partial charge in [-0.05, 0) is 17.5 Å². The molecular weight excluding hydrogens is 250 g/mol. The highest BCUT2D eigenvalue weighted by Crippen LogP contribution is 2.25. The number of hydrogen-bond donors (Lipinski definition) is 1. The number of H-pyrrole nitrogens is 1. The summed E-state index contributed by atoms with van der Waals surface area (Å²) in [4.78, 5) is 15.0. The molecule has 6 heteroatoms. The van der Waals surface area contributed by atoms with Crippen LogP contribution in [0.2, 0.25) is 0 Å². The van der Waals surface area contributed by atoms with Gasteiger partial charge < -0.3 is 9.64 Å². The van der Waals surface area contributed by atoms with E-state index in [1.807, 2.05) is 28.5 Å². The minimum atomic E-state index is -0.0733. The van der Waals surface area contributed by atoms with Crippen molar-refractivity contribution in [1.82, 2.24) is 15.1 Å². The third-order valence-electron chi connectivity index (χ3n) is 3.00. The number of carbonyl (C=O) groups excluding carboxylic acids is 1. The molecular formula is C12H13N3O2S. The number of aromatic nitrogens is 2. The first kappa shape index (κ1) is 11.4. The van der Waals surface area contributed by atoms with E-state index in [1.54, 1.807) is 6.20 Å². The van der Waals surface area contributed by atoms with Crippen molar-refractivity contribution < 1.29 is 9.53 Å². The third-order valence-corrected chi connectivity index (χ3v) is 3.86. The van der Waals surface area contributed by atoms with Crippen LogP contribution < -0.4 is 0 Å². The van der Waals surface area contributed by atoms with Crippen LogP contribution in [0.1, 0.15) is 21.4 Å². The molecule has 1 saturated heterocycles. The maximum absolute atomic E-state index is 12.4. The molecule has 94 valence electrons. The molecule has 0 radical (unpaired) electrons. The Bertz CT molecular complexity index is 509. The molecule has 1 atom stereocenters. The molecule has 1 fully saturated rings. The van der Waals surface area contributed by atoms with E-state index < -0.39 is 0 Å². The number of hydrogen-bond acceptors (Lipinski definition) is 4. The fraction of sp³-hybridized carbons (Fsp3) is 0.333. The first-order valence-corrected chi connectivity index (χ1v) is 6.66. The zero-order valence-corrected chi connectivity index (χ0v) is 10.5. The summed E-state index contributed by atoms with van der Waals surface area (Å²) >= 11 is 1.47. The van der Waals surface area contributed by atoms with E-state index >= 15 is 0 Å². The Morgan fingerprint density at radius 3 is 3.22 bits per heavy atom.